The monoisotopic (exact) mass is 283 g/mol. The third-order valence-corrected chi connectivity index (χ3v) is 2.32. The van der Waals surface area contributed by atoms with Crippen LogP contribution in [0.1, 0.15) is 12.5 Å². The van der Waals surface area contributed by atoms with E-state index in [0.29, 0.717) is 5.56 Å². The van der Waals surface area contributed by atoms with E-state index in [9.17, 15) is 13.6 Å². The number of rotatable bonds is 5. The fourth-order valence-electron chi connectivity index (χ4n) is 1.32. The van der Waals surface area contributed by atoms with Gasteiger partial charge in [0, 0.05) is 25.4 Å². The number of nitrogens with zero attached hydrogens (tertiary/aromatic N) is 2. The Labute approximate surface area is 115 Å². The van der Waals surface area contributed by atoms with Gasteiger partial charge in [-0.2, -0.15) is 8.78 Å². The van der Waals surface area contributed by atoms with Crippen molar-refractivity contribution >= 4 is 6.03 Å². The summed E-state index contributed by atoms with van der Waals surface area (Å²) in [6, 6.07) is 2.77. The minimum atomic E-state index is -2.96. The first-order chi connectivity index (χ1) is 9.54. The van der Waals surface area contributed by atoms with Crippen LogP contribution in [0.25, 0.3) is 0 Å². The summed E-state index contributed by atoms with van der Waals surface area (Å²) in [6.07, 6.45) is 1.34. The number of aromatic nitrogens is 1. The lowest BCUT2D eigenvalue weighted by atomic mass is 10.2. The van der Waals surface area contributed by atoms with Gasteiger partial charge in [0.2, 0.25) is 5.88 Å². The van der Waals surface area contributed by atoms with E-state index in [2.05, 4.69) is 26.9 Å². The maximum Gasteiger partial charge on any atom is 0.388 e. The van der Waals surface area contributed by atoms with Crippen molar-refractivity contribution in [2.45, 2.75) is 20.1 Å². The number of ether oxygens (including phenoxy) is 1. The van der Waals surface area contributed by atoms with Crippen LogP contribution in [0, 0.1) is 11.8 Å². The molecular weight excluding hydrogens is 268 g/mol. The molecule has 0 aliphatic rings. The van der Waals surface area contributed by atoms with Crippen molar-refractivity contribution in [2.24, 2.45) is 0 Å². The van der Waals surface area contributed by atoms with Crippen LogP contribution in [0.2, 0.25) is 0 Å². The van der Waals surface area contributed by atoms with Gasteiger partial charge in [-0.1, -0.05) is 12.0 Å². The van der Waals surface area contributed by atoms with Gasteiger partial charge in [0.05, 0.1) is 6.54 Å². The molecule has 1 heterocycles. The van der Waals surface area contributed by atoms with E-state index in [1.54, 1.807) is 26.1 Å². The summed E-state index contributed by atoms with van der Waals surface area (Å²) in [5, 5.41) is 2.58. The molecule has 0 aliphatic carbocycles. The molecule has 2 amide bonds. The molecule has 1 aromatic heterocycles. The molecule has 0 radical (unpaired) electrons. The summed E-state index contributed by atoms with van der Waals surface area (Å²) in [4.78, 5) is 16.8. The molecule has 7 heteroatoms. The van der Waals surface area contributed by atoms with E-state index in [1.807, 2.05) is 0 Å². The summed E-state index contributed by atoms with van der Waals surface area (Å²) in [7, 11) is 1.58. The second-order valence-electron chi connectivity index (χ2n) is 3.79. The van der Waals surface area contributed by atoms with E-state index in [0.717, 1.165) is 0 Å². The average molecular weight is 283 g/mol. The Morgan fingerprint density at radius 2 is 2.35 bits per heavy atom. The van der Waals surface area contributed by atoms with Crippen molar-refractivity contribution in [1.29, 1.82) is 0 Å². The van der Waals surface area contributed by atoms with E-state index in [4.69, 9.17) is 0 Å². The molecule has 1 aromatic rings. The summed E-state index contributed by atoms with van der Waals surface area (Å²) >= 11 is 0. The molecule has 0 aromatic carbocycles. The van der Waals surface area contributed by atoms with Gasteiger partial charge in [-0.25, -0.2) is 9.78 Å². The molecular formula is C13H15F2N3O2. The summed E-state index contributed by atoms with van der Waals surface area (Å²) in [6.45, 7) is -0.953. The van der Waals surface area contributed by atoms with Crippen LogP contribution in [-0.4, -0.2) is 36.1 Å². The molecule has 0 saturated carbocycles. The first-order valence-corrected chi connectivity index (χ1v) is 5.82. The van der Waals surface area contributed by atoms with Gasteiger partial charge in [0.1, 0.15) is 0 Å². The smallest absolute Gasteiger partial charge is 0.388 e. The van der Waals surface area contributed by atoms with Crippen molar-refractivity contribution in [3.63, 3.8) is 0 Å². The Bertz CT molecular complexity index is 512. The third-order valence-electron chi connectivity index (χ3n) is 2.32. The number of nitrogens with one attached hydrogen (secondary N) is 1. The van der Waals surface area contributed by atoms with Gasteiger partial charge >= 0.3 is 12.6 Å². The molecule has 0 saturated heterocycles. The first-order valence-electron chi connectivity index (χ1n) is 5.82. The van der Waals surface area contributed by atoms with Crippen LogP contribution in [0.4, 0.5) is 13.6 Å². The van der Waals surface area contributed by atoms with Crippen LogP contribution in [0.15, 0.2) is 18.3 Å². The Hall–Kier alpha value is -2.36. The second-order valence-corrected chi connectivity index (χ2v) is 3.79. The number of alkyl halides is 2. The number of urea groups is 1. The highest BCUT2D eigenvalue weighted by Gasteiger charge is 2.12. The number of carbonyl (C=O) groups is 1. The molecule has 5 nitrogen and oxygen atoms in total. The predicted octanol–water partition coefficient (Wildman–Crippen LogP) is 1.85. The van der Waals surface area contributed by atoms with Crippen molar-refractivity contribution in [3.05, 3.63) is 23.9 Å². The van der Waals surface area contributed by atoms with Crippen molar-refractivity contribution in [2.75, 3.05) is 13.6 Å². The van der Waals surface area contributed by atoms with Crippen LogP contribution >= 0.6 is 0 Å². The normalized spacial score (nSPS) is 9.65. The number of pyridine rings is 1. The molecule has 0 fully saturated rings. The highest BCUT2D eigenvalue weighted by atomic mass is 19.3. The lowest BCUT2D eigenvalue weighted by Gasteiger charge is -2.16. The molecule has 1 N–H and O–H groups in total. The van der Waals surface area contributed by atoms with Gasteiger partial charge in [0.25, 0.3) is 0 Å². The summed E-state index contributed by atoms with van der Waals surface area (Å²) < 4.78 is 28.7. The maximum absolute atomic E-state index is 12.2. The Kier molecular flexibility index (Phi) is 6.23. The molecule has 0 aliphatic heterocycles. The standard InChI is InChI=1S/C13H15F2N3O2/c1-3-4-8-18(2)13(19)17-9-10-6-5-7-16-11(10)20-12(14)15/h5-7,12H,8-9H2,1-2H3,(H,17,19). The molecule has 0 unspecified atom stereocenters. The van der Waals surface area contributed by atoms with Gasteiger partial charge < -0.3 is 15.0 Å². The molecule has 1 rings (SSSR count). The zero-order chi connectivity index (χ0) is 15.0. The molecule has 0 spiro atoms. The van der Waals surface area contributed by atoms with Crippen molar-refractivity contribution in [3.8, 4) is 17.7 Å². The largest absolute Gasteiger partial charge is 0.417 e. The number of hydrogen-bond donors (Lipinski definition) is 1. The third kappa shape index (κ3) is 5.10. The van der Waals surface area contributed by atoms with E-state index in [-0.39, 0.29) is 25.0 Å². The summed E-state index contributed by atoms with van der Waals surface area (Å²) in [5.41, 5.74) is 0.371. The zero-order valence-corrected chi connectivity index (χ0v) is 11.2. The zero-order valence-electron chi connectivity index (χ0n) is 11.2. The predicted molar refractivity (Wildman–Crippen MR) is 69.2 cm³/mol. The lowest BCUT2D eigenvalue weighted by molar-refractivity contribution is -0.0535. The van der Waals surface area contributed by atoms with Gasteiger partial charge in [-0.05, 0) is 13.0 Å². The lowest BCUT2D eigenvalue weighted by Crippen LogP contribution is -2.37. The van der Waals surface area contributed by atoms with E-state index < -0.39 is 6.61 Å². The highest BCUT2D eigenvalue weighted by Crippen LogP contribution is 2.16. The Morgan fingerprint density at radius 1 is 1.60 bits per heavy atom. The minimum Gasteiger partial charge on any atom is -0.417 e. The quantitative estimate of drug-likeness (QED) is 0.839. The summed E-state index contributed by atoms with van der Waals surface area (Å²) in [5.74, 6) is 5.22. The molecule has 0 bridgehead atoms. The fraction of sp³-hybridized carbons (Fsp3) is 0.385. The van der Waals surface area contributed by atoms with E-state index >= 15 is 0 Å². The highest BCUT2D eigenvalue weighted by molar-refractivity contribution is 5.74. The topological polar surface area (TPSA) is 54.5 Å². The van der Waals surface area contributed by atoms with E-state index in [1.165, 1.54) is 11.1 Å². The number of halogens is 2. The van der Waals surface area contributed by atoms with Crippen LogP contribution in [0.3, 0.4) is 0 Å². The number of hydrogen-bond acceptors (Lipinski definition) is 3. The van der Waals surface area contributed by atoms with Gasteiger partial charge in [0.15, 0.2) is 0 Å². The molecule has 20 heavy (non-hydrogen) atoms. The minimum absolute atomic E-state index is 0.0403. The average Bonchev–Trinajstić information content (AvgIpc) is 2.42. The molecule has 108 valence electrons. The van der Waals surface area contributed by atoms with Gasteiger partial charge in [-0.3, -0.25) is 0 Å². The van der Waals surface area contributed by atoms with Crippen LogP contribution in [0.5, 0.6) is 5.88 Å². The van der Waals surface area contributed by atoms with Crippen molar-refractivity contribution < 1.29 is 18.3 Å². The number of amides is 2. The van der Waals surface area contributed by atoms with Crippen molar-refractivity contribution in [1.82, 2.24) is 15.2 Å². The fourth-order valence-corrected chi connectivity index (χ4v) is 1.32. The number of carbonyl (C=O) groups excluding carboxylic acids is 1. The Morgan fingerprint density at radius 3 is 3.00 bits per heavy atom. The van der Waals surface area contributed by atoms with Crippen LogP contribution in [-0.2, 0) is 6.54 Å². The van der Waals surface area contributed by atoms with Crippen LogP contribution < -0.4 is 10.1 Å². The first kappa shape index (κ1) is 15.7. The SMILES string of the molecule is CC#CCN(C)C(=O)NCc1cccnc1OC(F)F. The molecule has 0 atom stereocenters. The van der Waals surface area contributed by atoms with Gasteiger partial charge in [-0.15, -0.1) is 5.92 Å². The maximum atomic E-state index is 12.2. The second kappa shape index (κ2) is 7.94. The Balaban J connectivity index is 2.60.